The molecule has 2 atom stereocenters. The van der Waals surface area contributed by atoms with Crippen LogP contribution in [0, 0.1) is 19.8 Å². The second-order valence-electron chi connectivity index (χ2n) is 7.41. The van der Waals surface area contributed by atoms with Crippen molar-refractivity contribution in [3.8, 4) is 0 Å². The molecule has 0 bridgehead atoms. The molecule has 0 saturated carbocycles. The van der Waals surface area contributed by atoms with Gasteiger partial charge >= 0.3 is 0 Å². The highest BCUT2D eigenvalue weighted by atomic mass is 16.2. The summed E-state index contributed by atoms with van der Waals surface area (Å²) in [4.78, 5) is 14.9. The zero-order chi connectivity index (χ0) is 17.1. The molecule has 0 radical (unpaired) electrons. The van der Waals surface area contributed by atoms with E-state index in [1.807, 2.05) is 23.4 Å². The highest BCUT2D eigenvalue weighted by Crippen LogP contribution is 2.22. The average Bonchev–Trinajstić information content (AvgIpc) is 2.74. The molecule has 1 aliphatic heterocycles. The second kappa shape index (κ2) is 7.47. The molecule has 2 N–H and O–H groups in total. The molecule has 130 valence electrons. The first-order valence-electron chi connectivity index (χ1n) is 8.89. The third kappa shape index (κ3) is 4.14. The Bertz CT molecular complexity index is 547. The van der Waals surface area contributed by atoms with Gasteiger partial charge in [-0.25, -0.2) is 0 Å². The minimum atomic E-state index is 0.0325. The zero-order valence-electron chi connectivity index (χ0n) is 15.3. The maximum absolute atomic E-state index is 12.9. The Balaban J connectivity index is 2.15. The largest absolute Gasteiger partial charge is 0.338 e. The van der Waals surface area contributed by atoms with Gasteiger partial charge < -0.3 is 10.6 Å². The van der Waals surface area contributed by atoms with E-state index in [1.54, 1.807) is 0 Å². The number of hydrogen-bond acceptors (Lipinski definition) is 3. The van der Waals surface area contributed by atoms with Gasteiger partial charge in [-0.1, -0.05) is 13.8 Å². The van der Waals surface area contributed by atoms with Gasteiger partial charge in [-0.3, -0.25) is 9.48 Å². The smallest absolute Gasteiger partial charge is 0.227 e. The Hall–Kier alpha value is -1.36. The van der Waals surface area contributed by atoms with E-state index >= 15 is 0 Å². The molecule has 1 saturated heterocycles. The van der Waals surface area contributed by atoms with Crippen molar-refractivity contribution < 1.29 is 4.79 Å². The first-order chi connectivity index (χ1) is 10.8. The summed E-state index contributed by atoms with van der Waals surface area (Å²) in [7, 11) is 0. The fraction of sp³-hybridized carbons (Fsp3) is 0.778. The van der Waals surface area contributed by atoms with Crippen molar-refractivity contribution in [2.75, 3.05) is 6.54 Å². The van der Waals surface area contributed by atoms with Crippen LogP contribution in [0.15, 0.2) is 0 Å². The Morgan fingerprint density at radius 1 is 1.30 bits per heavy atom. The molecule has 0 aliphatic carbocycles. The van der Waals surface area contributed by atoms with Gasteiger partial charge in [0.15, 0.2) is 0 Å². The maximum Gasteiger partial charge on any atom is 0.227 e. The van der Waals surface area contributed by atoms with Gasteiger partial charge in [0, 0.05) is 36.4 Å². The molecule has 1 amide bonds. The predicted molar refractivity (Wildman–Crippen MR) is 93.2 cm³/mol. The molecule has 23 heavy (non-hydrogen) atoms. The van der Waals surface area contributed by atoms with Crippen LogP contribution in [0.25, 0.3) is 0 Å². The number of nitrogens with zero attached hydrogens (tertiary/aromatic N) is 3. The average molecular weight is 320 g/mol. The zero-order valence-corrected chi connectivity index (χ0v) is 15.3. The number of aromatic nitrogens is 2. The van der Waals surface area contributed by atoms with E-state index in [0.29, 0.717) is 12.3 Å². The van der Waals surface area contributed by atoms with Gasteiger partial charge in [0.25, 0.3) is 0 Å². The quantitative estimate of drug-likeness (QED) is 0.906. The van der Waals surface area contributed by atoms with Crippen molar-refractivity contribution in [1.29, 1.82) is 0 Å². The topological polar surface area (TPSA) is 64.2 Å². The number of piperidine rings is 1. The fourth-order valence-corrected chi connectivity index (χ4v) is 3.58. The van der Waals surface area contributed by atoms with Crippen LogP contribution in [0.5, 0.6) is 0 Å². The highest BCUT2D eigenvalue weighted by molar-refractivity contribution is 5.79. The van der Waals surface area contributed by atoms with E-state index in [-0.39, 0.29) is 18.0 Å². The maximum atomic E-state index is 12.9. The number of carbonyl (C=O) groups excluding carboxylic acids is 1. The van der Waals surface area contributed by atoms with E-state index in [1.165, 1.54) is 6.42 Å². The lowest BCUT2D eigenvalue weighted by Crippen LogP contribution is -2.52. The van der Waals surface area contributed by atoms with E-state index < -0.39 is 0 Å². The molecule has 1 aliphatic rings. The summed E-state index contributed by atoms with van der Waals surface area (Å²) < 4.78 is 2.04. The Kier molecular flexibility index (Phi) is 5.84. The minimum absolute atomic E-state index is 0.0325. The molecule has 0 aromatic carbocycles. The van der Waals surface area contributed by atoms with Gasteiger partial charge in [0.1, 0.15) is 0 Å². The molecule has 1 aromatic rings. The van der Waals surface area contributed by atoms with Crippen molar-refractivity contribution in [3.05, 3.63) is 17.0 Å². The van der Waals surface area contributed by atoms with Crippen molar-refractivity contribution in [2.45, 2.75) is 78.9 Å². The summed E-state index contributed by atoms with van der Waals surface area (Å²) in [5, 5.41) is 4.62. The molecule has 1 fully saturated rings. The number of carbonyl (C=O) groups is 1. The van der Waals surface area contributed by atoms with Gasteiger partial charge in [-0.05, 0) is 46.0 Å². The van der Waals surface area contributed by atoms with Crippen molar-refractivity contribution in [1.82, 2.24) is 14.7 Å². The second-order valence-corrected chi connectivity index (χ2v) is 7.41. The number of hydrogen-bond donors (Lipinski definition) is 1. The van der Waals surface area contributed by atoms with Crippen LogP contribution >= 0.6 is 0 Å². The molecule has 5 heteroatoms. The summed E-state index contributed by atoms with van der Waals surface area (Å²) in [6.07, 6.45) is 3.72. The Morgan fingerprint density at radius 3 is 2.61 bits per heavy atom. The number of likely N-dealkylation sites (tertiary alicyclic amines) is 1. The third-order valence-corrected chi connectivity index (χ3v) is 4.87. The molecule has 2 heterocycles. The van der Waals surface area contributed by atoms with Crippen LogP contribution in [0.2, 0.25) is 0 Å². The van der Waals surface area contributed by atoms with Crippen LogP contribution in [-0.4, -0.2) is 39.2 Å². The van der Waals surface area contributed by atoms with E-state index in [0.717, 1.165) is 42.9 Å². The van der Waals surface area contributed by atoms with Crippen LogP contribution in [0.1, 0.15) is 57.0 Å². The molecule has 2 unspecified atom stereocenters. The van der Waals surface area contributed by atoms with Gasteiger partial charge in [-0.15, -0.1) is 0 Å². The van der Waals surface area contributed by atoms with Crippen LogP contribution in [-0.2, 0) is 17.8 Å². The monoisotopic (exact) mass is 320 g/mol. The molecular formula is C18H32N4O. The van der Waals surface area contributed by atoms with Crippen LogP contribution < -0.4 is 5.73 Å². The molecule has 5 nitrogen and oxygen atoms in total. The van der Waals surface area contributed by atoms with Crippen molar-refractivity contribution >= 4 is 5.91 Å². The number of aryl methyl sites for hydroxylation is 1. The van der Waals surface area contributed by atoms with E-state index in [4.69, 9.17) is 5.73 Å². The fourth-order valence-electron chi connectivity index (χ4n) is 3.58. The lowest BCUT2D eigenvalue weighted by Gasteiger charge is -2.38. The SMILES string of the molecule is Cc1nn(CC(C)C)c(C)c1CC(=O)N1CCCCC1C(C)N. The summed E-state index contributed by atoms with van der Waals surface area (Å²) in [6.45, 7) is 12.2. The lowest BCUT2D eigenvalue weighted by molar-refractivity contribution is -0.134. The molecule has 2 rings (SSSR count). The molecule has 1 aromatic heterocycles. The van der Waals surface area contributed by atoms with E-state index in [2.05, 4.69) is 25.9 Å². The van der Waals surface area contributed by atoms with Crippen molar-refractivity contribution in [2.24, 2.45) is 11.7 Å². The Morgan fingerprint density at radius 2 is 2.00 bits per heavy atom. The standard InChI is InChI=1S/C18H32N4O/c1-12(2)11-22-15(5)16(14(4)20-22)10-18(23)21-9-7-6-8-17(21)13(3)19/h12-13,17H,6-11,19H2,1-5H3. The first-order valence-corrected chi connectivity index (χ1v) is 8.89. The van der Waals surface area contributed by atoms with Gasteiger partial charge in [-0.2, -0.15) is 5.10 Å². The number of amides is 1. The number of nitrogens with two attached hydrogens (primary N) is 1. The summed E-state index contributed by atoms with van der Waals surface area (Å²) in [5.41, 5.74) is 9.29. The normalized spacial score (nSPS) is 20.1. The van der Waals surface area contributed by atoms with E-state index in [9.17, 15) is 4.79 Å². The van der Waals surface area contributed by atoms with Crippen LogP contribution in [0.3, 0.4) is 0 Å². The highest BCUT2D eigenvalue weighted by Gasteiger charge is 2.30. The summed E-state index contributed by atoms with van der Waals surface area (Å²) in [6, 6.07) is 0.215. The van der Waals surface area contributed by atoms with Gasteiger partial charge in [0.05, 0.1) is 12.1 Å². The van der Waals surface area contributed by atoms with Crippen LogP contribution in [0.4, 0.5) is 0 Å². The summed E-state index contributed by atoms with van der Waals surface area (Å²) in [5.74, 6) is 0.739. The van der Waals surface area contributed by atoms with Gasteiger partial charge in [0.2, 0.25) is 5.91 Å². The molecular weight excluding hydrogens is 288 g/mol. The third-order valence-electron chi connectivity index (χ3n) is 4.87. The lowest BCUT2D eigenvalue weighted by atomic mass is 9.96. The number of rotatable bonds is 5. The summed E-state index contributed by atoms with van der Waals surface area (Å²) >= 11 is 0. The minimum Gasteiger partial charge on any atom is -0.338 e. The molecule has 0 spiro atoms. The Labute approximate surface area is 140 Å². The first kappa shape index (κ1) is 18.0. The predicted octanol–water partition coefficient (Wildman–Crippen LogP) is 2.43. The van der Waals surface area contributed by atoms with Crippen molar-refractivity contribution in [3.63, 3.8) is 0 Å².